The quantitative estimate of drug-likeness (QED) is 0.639. The second kappa shape index (κ2) is 7.79. The van der Waals surface area contributed by atoms with E-state index in [2.05, 4.69) is 25.9 Å². The molecule has 2 aliphatic heterocycles. The van der Waals surface area contributed by atoms with Gasteiger partial charge in [0, 0.05) is 13.1 Å². The Labute approximate surface area is 185 Å². The van der Waals surface area contributed by atoms with Gasteiger partial charge in [-0.05, 0) is 32.5 Å². The average molecular weight is 435 g/mol. The molecular weight excluding hydrogens is 410 g/mol. The number of fused-ring (bicyclic) bond motifs is 2. The van der Waals surface area contributed by atoms with E-state index < -0.39 is 12.0 Å². The van der Waals surface area contributed by atoms with Gasteiger partial charge >= 0.3 is 0 Å². The smallest absolute Gasteiger partial charge is 0.167 e. The molecule has 2 aromatic heterocycles. The van der Waals surface area contributed by atoms with Crippen molar-refractivity contribution in [3.8, 4) is 6.07 Å². The van der Waals surface area contributed by atoms with Gasteiger partial charge < -0.3 is 19.9 Å². The van der Waals surface area contributed by atoms with Crippen LogP contribution in [-0.2, 0) is 20.8 Å². The molecule has 2 aliphatic rings. The van der Waals surface area contributed by atoms with E-state index in [0.717, 1.165) is 5.56 Å². The number of anilines is 1. The molecule has 0 radical (unpaired) electrons. The van der Waals surface area contributed by atoms with E-state index in [4.69, 9.17) is 19.9 Å². The van der Waals surface area contributed by atoms with Crippen molar-refractivity contribution in [1.29, 1.82) is 5.26 Å². The number of benzene rings is 1. The second-order valence-corrected chi connectivity index (χ2v) is 8.68. The number of nitrogens with zero attached hydrogens (tertiary/aromatic N) is 6. The Kier molecular flexibility index (Phi) is 5.06. The Morgan fingerprint density at radius 2 is 1.97 bits per heavy atom. The highest BCUT2D eigenvalue weighted by molar-refractivity contribution is 5.81. The third-order valence-corrected chi connectivity index (χ3v) is 5.86. The summed E-state index contributed by atoms with van der Waals surface area (Å²) in [5.74, 6) is -0.411. The molecular formula is C22H25N7O3. The number of ether oxygens (including phenoxy) is 3. The van der Waals surface area contributed by atoms with E-state index in [9.17, 15) is 5.26 Å². The normalized spacial score (nSPS) is 26.5. The lowest BCUT2D eigenvalue weighted by Gasteiger charge is -2.27. The van der Waals surface area contributed by atoms with Gasteiger partial charge in [-0.15, -0.1) is 0 Å². The Hall–Kier alpha value is -3.10. The summed E-state index contributed by atoms with van der Waals surface area (Å²) in [6, 6.07) is 9.86. The lowest BCUT2D eigenvalue weighted by atomic mass is 10.1. The Balaban J connectivity index is 1.40. The molecule has 0 saturated carbocycles. The van der Waals surface area contributed by atoms with Crippen molar-refractivity contribution in [2.75, 3.05) is 19.3 Å². The average Bonchev–Trinajstić information content (AvgIpc) is 3.41. The number of nitrogen functional groups attached to an aromatic ring is 1. The van der Waals surface area contributed by atoms with E-state index in [1.165, 1.54) is 6.33 Å². The molecule has 0 aliphatic carbocycles. The largest absolute Gasteiger partial charge is 0.382 e. The molecule has 4 heterocycles. The highest BCUT2D eigenvalue weighted by atomic mass is 16.8. The van der Waals surface area contributed by atoms with E-state index >= 15 is 0 Å². The fourth-order valence-electron chi connectivity index (χ4n) is 4.52. The molecule has 10 heteroatoms. The molecule has 2 N–H and O–H groups in total. The van der Waals surface area contributed by atoms with Gasteiger partial charge in [-0.2, -0.15) is 5.26 Å². The summed E-state index contributed by atoms with van der Waals surface area (Å²) in [6.07, 6.45) is 1.76. The fourth-order valence-corrected chi connectivity index (χ4v) is 4.52. The van der Waals surface area contributed by atoms with Crippen LogP contribution in [0.3, 0.4) is 0 Å². The topological polar surface area (TPSA) is 124 Å². The maximum Gasteiger partial charge on any atom is 0.167 e. The maximum atomic E-state index is 9.39. The number of hydrogen-bond donors (Lipinski definition) is 1. The number of rotatable bonds is 5. The minimum atomic E-state index is -0.730. The zero-order valence-corrected chi connectivity index (χ0v) is 18.2. The third-order valence-electron chi connectivity index (χ3n) is 5.86. The van der Waals surface area contributed by atoms with Crippen LogP contribution >= 0.6 is 0 Å². The molecule has 0 unspecified atom stereocenters. The van der Waals surface area contributed by atoms with Crippen LogP contribution in [0, 0.1) is 11.3 Å². The molecule has 10 nitrogen and oxygen atoms in total. The molecule has 2 saturated heterocycles. The first kappa shape index (κ1) is 20.8. The molecule has 166 valence electrons. The Morgan fingerprint density at radius 3 is 2.78 bits per heavy atom. The van der Waals surface area contributed by atoms with Crippen LogP contribution < -0.4 is 5.73 Å². The van der Waals surface area contributed by atoms with Crippen molar-refractivity contribution < 1.29 is 14.2 Å². The number of aromatic nitrogens is 4. The number of nitrogens with two attached hydrogens (primary N) is 1. The summed E-state index contributed by atoms with van der Waals surface area (Å²) in [4.78, 5) is 14.9. The maximum absolute atomic E-state index is 9.39. The monoisotopic (exact) mass is 435 g/mol. The van der Waals surface area contributed by atoms with Gasteiger partial charge in [0.15, 0.2) is 23.5 Å². The van der Waals surface area contributed by atoms with Gasteiger partial charge in [-0.1, -0.05) is 18.2 Å². The molecule has 5 rings (SSSR count). The zero-order valence-electron chi connectivity index (χ0n) is 18.2. The van der Waals surface area contributed by atoms with Crippen molar-refractivity contribution >= 4 is 17.0 Å². The lowest BCUT2D eigenvalue weighted by molar-refractivity contribution is -0.197. The van der Waals surface area contributed by atoms with Crippen LogP contribution in [0.15, 0.2) is 36.9 Å². The summed E-state index contributed by atoms with van der Waals surface area (Å²) < 4.78 is 20.7. The molecule has 0 bridgehead atoms. The van der Waals surface area contributed by atoms with Gasteiger partial charge in [0.2, 0.25) is 0 Å². The van der Waals surface area contributed by atoms with Crippen LogP contribution in [0.1, 0.15) is 31.2 Å². The van der Waals surface area contributed by atoms with E-state index in [-0.39, 0.29) is 18.3 Å². The molecule has 2 fully saturated rings. The van der Waals surface area contributed by atoms with Gasteiger partial charge in [0.05, 0.1) is 18.0 Å². The first-order valence-electron chi connectivity index (χ1n) is 10.5. The predicted octanol–water partition coefficient (Wildman–Crippen LogP) is 1.83. The first-order valence-corrected chi connectivity index (χ1v) is 10.5. The fraction of sp³-hybridized carbons (Fsp3) is 0.455. The highest BCUT2D eigenvalue weighted by Gasteiger charge is 2.56. The Bertz CT molecular complexity index is 1190. The van der Waals surface area contributed by atoms with Crippen LogP contribution in [0.5, 0.6) is 0 Å². The van der Waals surface area contributed by atoms with Crippen molar-refractivity contribution in [1.82, 2.24) is 24.4 Å². The predicted molar refractivity (Wildman–Crippen MR) is 115 cm³/mol. The summed E-state index contributed by atoms with van der Waals surface area (Å²) in [5.41, 5.74) is 8.72. The number of hydrogen-bond acceptors (Lipinski definition) is 9. The third kappa shape index (κ3) is 3.59. The van der Waals surface area contributed by atoms with Crippen LogP contribution in [0.2, 0.25) is 0 Å². The standard InChI is InChI=1S/C22H25N7O3/c1-22(2)31-17-15(10-28(3)9-14-7-5-4-6-13(14)8-23)30-21(18(17)32-22)29-12-27-16-19(24)25-11-26-20(16)29/h4-7,11-12,15,17-18,21H,9-10H2,1-3H3,(H2,24,25,26)/t15-,17-,18-,21-/m1/s1. The van der Waals surface area contributed by atoms with Gasteiger partial charge in [0.25, 0.3) is 0 Å². The highest BCUT2D eigenvalue weighted by Crippen LogP contribution is 2.44. The summed E-state index contributed by atoms with van der Waals surface area (Å²) in [7, 11) is 2.00. The Morgan fingerprint density at radius 1 is 1.19 bits per heavy atom. The van der Waals surface area contributed by atoms with Crippen molar-refractivity contribution in [2.24, 2.45) is 0 Å². The van der Waals surface area contributed by atoms with E-state index in [1.54, 1.807) is 6.33 Å². The van der Waals surface area contributed by atoms with Crippen LogP contribution in [0.25, 0.3) is 11.2 Å². The van der Waals surface area contributed by atoms with Gasteiger partial charge in [-0.25, -0.2) is 15.0 Å². The SMILES string of the molecule is CN(Cc1ccccc1C#N)C[C@H]1O[C@@H](n2cnc3c(N)ncnc32)[C@@H]2OC(C)(C)O[C@@H]21. The molecule has 4 atom stereocenters. The van der Waals surface area contributed by atoms with Gasteiger partial charge in [0.1, 0.15) is 30.2 Å². The van der Waals surface area contributed by atoms with Gasteiger partial charge in [-0.3, -0.25) is 9.47 Å². The van der Waals surface area contributed by atoms with Crippen molar-refractivity contribution in [3.05, 3.63) is 48.0 Å². The zero-order chi connectivity index (χ0) is 22.5. The minimum absolute atomic E-state index is 0.248. The summed E-state index contributed by atoms with van der Waals surface area (Å²) in [5, 5.41) is 9.39. The summed E-state index contributed by atoms with van der Waals surface area (Å²) in [6.45, 7) is 5.02. The minimum Gasteiger partial charge on any atom is -0.382 e. The molecule has 0 spiro atoms. The van der Waals surface area contributed by atoms with Crippen LogP contribution in [-0.4, -0.2) is 62.1 Å². The molecule has 3 aromatic rings. The van der Waals surface area contributed by atoms with E-state index in [1.807, 2.05) is 49.7 Å². The first-order chi connectivity index (χ1) is 15.4. The molecule has 1 aromatic carbocycles. The number of imidazole rings is 1. The van der Waals surface area contributed by atoms with E-state index in [0.29, 0.717) is 35.6 Å². The number of likely N-dealkylation sites (N-methyl/N-ethyl adjacent to an activating group) is 1. The molecule has 0 amide bonds. The van der Waals surface area contributed by atoms with Crippen LogP contribution in [0.4, 0.5) is 5.82 Å². The second-order valence-electron chi connectivity index (χ2n) is 8.68. The number of nitriles is 1. The molecule has 32 heavy (non-hydrogen) atoms. The lowest BCUT2D eigenvalue weighted by Crippen LogP contribution is -2.38. The summed E-state index contributed by atoms with van der Waals surface area (Å²) >= 11 is 0. The van der Waals surface area contributed by atoms with Crippen molar-refractivity contribution in [3.63, 3.8) is 0 Å². The van der Waals surface area contributed by atoms with Crippen molar-refractivity contribution in [2.45, 2.75) is 50.7 Å².